The van der Waals surface area contributed by atoms with Crippen LogP contribution < -0.4 is 29.7 Å². The second-order valence-electron chi connectivity index (χ2n) is 11.4. The minimum atomic E-state index is -1.28. The van der Waals surface area contributed by atoms with Gasteiger partial charge in [0.2, 0.25) is 11.8 Å². The van der Waals surface area contributed by atoms with Gasteiger partial charge in [0, 0.05) is 41.5 Å². The Morgan fingerprint density at radius 2 is 1.61 bits per heavy atom. The van der Waals surface area contributed by atoms with Crippen molar-refractivity contribution in [2.24, 2.45) is 5.41 Å². The summed E-state index contributed by atoms with van der Waals surface area (Å²) in [5.74, 6) is -0.844. The number of anilines is 2. The Kier molecular flexibility index (Phi) is 9.27. The maximum atomic E-state index is 15.2. The van der Waals surface area contributed by atoms with E-state index in [1.807, 2.05) is 0 Å². The predicted molar refractivity (Wildman–Crippen MR) is 167 cm³/mol. The second-order valence-corrected chi connectivity index (χ2v) is 11.4. The molecule has 0 spiro atoms. The van der Waals surface area contributed by atoms with Crippen LogP contribution in [0.3, 0.4) is 0 Å². The van der Waals surface area contributed by atoms with E-state index in [1.165, 1.54) is 41.3 Å². The number of fused-ring (bicyclic) bond motifs is 1. The summed E-state index contributed by atoms with van der Waals surface area (Å²) in [4.78, 5) is 31.8. The Morgan fingerprint density at radius 3 is 2.30 bits per heavy atom. The fourth-order valence-corrected chi connectivity index (χ4v) is 5.40. The number of quaternary nitrogens is 1. The normalized spacial score (nSPS) is 15.6. The molecule has 3 aromatic carbocycles. The van der Waals surface area contributed by atoms with Crippen molar-refractivity contribution < 1.29 is 42.2 Å². The summed E-state index contributed by atoms with van der Waals surface area (Å²) in [6.45, 7) is 5.11. The number of pyridine rings is 1. The molecular weight excluding hydrogens is 598 g/mol. The van der Waals surface area contributed by atoms with Gasteiger partial charge in [-0.1, -0.05) is 0 Å². The summed E-state index contributed by atoms with van der Waals surface area (Å²) in [6.07, 6.45) is 3.13. The van der Waals surface area contributed by atoms with Gasteiger partial charge < -0.3 is 34.5 Å². The second kappa shape index (κ2) is 13.7. The van der Waals surface area contributed by atoms with Gasteiger partial charge in [-0.25, -0.2) is 8.78 Å². The molecule has 2 amide bonds. The number of hydrogen-bond donors (Lipinski definition) is 3. The monoisotopic (exact) mass is 633 g/mol. The van der Waals surface area contributed by atoms with Crippen molar-refractivity contribution in [2.45, 2.75) is 19.3 Å². The quantitative estimate of drug-likeness (QED) is 0.157. The third kappa shape index (κ3) is 7.03. The van der Waals surface area contributed by atoms with Gasteiger partial charge in [0.05, 0.1) is 39.0 Å². The number of nitrogens with zero attached hydrogens (tertiary/aromatic N) is 1. The van der Waals surface area contributed by atoms with Gasteiger partial charge in [-0.05, 0) is 61.4 Å². The first-order chi connectivity index (χ1) is 22.3. The molecule has 1 saturated heterocycles. The highest BCUT2D eigenvalue weighted by Crippen LogP contribution is 2.47. The van der Waals surface area contributed by atoms with Crippen LogP contribution in [0.4, 0.5) is 20.2 Å². The van der Waals surface area contributed by atoms with Gasteiger partial charge in [0.1, 0.15) is 30.1 Å². The summed E-state index contributed by atoms with van der Waals surface area (Å²) in [6, 6.07) is 14.5. The summed E-state index contributed by atoms with van der Waals surface area (Å²) < 4.78 is 51.4. The van der Waals surface area contributed by atoms with Gasteiger partial charge in [0.15, 0.2) is 23.1 Å². The van der Waals surface area contributed by atoms with Crippen LogP contribution in [-0.4, -0.2) is 63.4 Å². The van der Waals surface area contributed by atoms with E-state index in [-0.39, 0.29) is 11.4 Å². The maximum absolute atomic E-state index is 15.2. The minimum absolute atomic E-state index is 0.0643. The number of hydrogen-bond acceptors (Lipinski definition) is 7. The SMILES string of the molecule is COc1cc2c(Oc3ccc(NC(=O)C4(C(=O)Nc5ccc(F)cc5)CC4)cc3F)ccnc2cc1OCCC[NH+]1CCOCC1. The lowest BCUT2D eigenvalue weighted by molar-refractivity contribution is -0.908. The lowest BCUT2D eigenvalue weighted by Gasteiger charge is -2.23. The molecule has 6 rings (SSSR count). The lowest BCUT2D eigenvalue weighted by Crippen LogP contribution is -3.14. The van der Waals surface area contributed by atoms with E-state index < -0.39 is 28.9 Å². The van der Waals surface area contributed by atoms with Crippen LogP contribution in [0.15, 0.2) is 66.9 Å². The molecule has 1 aliphatic heterocycles. The van der Waals surface area contributed by atoms with E-state index in [4.69, 9.17) is 18.9 Å². The van der Waals surface area contributed by atoms with Gasteiger partial charge in [-0.3, -0.25) is 14.6 Å². The summed E-state index contributed by atoms with van der Waals surface area (Å²) >= 11 is 0. The first-order valence-electron chi connectivity index (χ1n) is 15.2. The molecule has 3 N–H and O–H groups in total. The van der Waals surface area contributed by atoms with Crippen LogP contribution in [0.2, 0.25) is 0 Å². The van der Waals surface area contributed by atoms with E-state index in [0.717, 1.165) is 45.3 Å². The van der Waals surface area contributed by atoms with Crippen molar-refractivity contribution in [3.8, 4) is 23.0 Å². The highest BCUT2D eigenvalue weighted by Gasteiger charge is 2.56. The number of amides is 2. The number of methoxy groups -OCH3 is 1. The first-order valence-corrected chi connectivity index (χ1v) is 15.2. The third-order valence-corrected chi connectivity index (χ3v) is 8.25. The lowest BCUT2D eigenvalue weighted by atomic mass is 10.0. The maximum Gasteiger partial charge on any atom is 0.240 e. The highest BCUT2D eigenvalue weighted by molar-refractivity contribution is 6.16. The van der Waals surface area contributed by atoms with Crippen LogP contribution in [-0.2, 0) is 14.3 Å². The zero-order valence-corrected chi connectivity index (χ0v) is 25.4. The Bertz CT molecular complexity index is 1730. The van der Waals surface area contributed by atoms with Crippen LogP contribution >= 0.6 is 0 Å². The Balaban J connectivity index is 1.10. The van der Waals surface area contributed by atoms with E-state index in [1.54, 1.807) is 31.5 Å². The zero-order valence-electron chi connectivity index (χ0n) is 25.4. The van der Waals surface area contributed by atoms with Crippen molar-refractivity contribution in [1.29, 1.82) is 0 Å². The van der Waals surface area contributed by atoms with E-state index >= 15 is 4.39 Å². The summed E-state index contributed by atoms with van der Waals surface area (Å²) in [5, 5.41) is 5.89. The van der Waals surface area contributed by atoms with E-state index in [9.17, 15) is 14.0 Å². The number of aromatic nitrogens is 1. The Morgan fingerprint density at radius 1 is 0.891 bits per heavy atom. The standard InChI is InChI=1S/C34H34F2N4O6/c1-43-30-20-25-27(21-31(30)45-16-2-13-40-14-17-44-18-15-40)37-12-9-28(25)46-29-8-7-24(19-26(29)36)39-33(42)34(10-11-34)32(41)38-23-5-3-22(35)4-6-23/h3-9,12,19-21H,2,10-11,13-18H2,1H3,(H,38,41)(H,39,42)/p+1. The fraction of sp³-hybridized carbons (Fsp3) is 0.324. The number of carbonyl (C=O) groups is 2. The molecule has 240 valence electrons. The summed E-state index contributed by atoms with van der Waals surface area (Å²) in [7, 11) is 1.55. The molecule has 0 bridgehead atoms. The van der Waals surface area contributed by atoms with Crippen LogP contribution in [0.5, 0.6) is 23.0 Å². The largest absolute Gasteiger partial charge is 0.493 e. The fourth-order valence-electron chi connectivity index (χ4n) is 5.40. The Hall–Kier alpha value is -4.81. The van der Waals surface area contributed by atoms with Crippen molar-refractivity contribution in [2.75, 3.05) is 57.2 Å². The molecule has 4 aromatic rings. The molecular formula is C34H35F2N4O6+. The molecule has 46 heavy (non-hydrogen) atoms. The Labute approximate surface area is 264 Å². The summed E-state index contributed by atoms with van der Waals surface area (Å²) in [5.41, 5.74) is -0.135. The number of benzene rings is 3. The zero-order chi connectivity index (χ0) is 32.1. The molecule has 0 radical (unpaired) electrons. The number of rotatable bonds is 12. The smallest absolute Gasteiger partial charge is 0.240 e. The number of nitrogens with one attached hydrogen (secondary N) is 3. The third-order valence-electron chi connectivity index (χ3n) is 8.25. The van der Waals surface area contributed by atoms with Crippen LogP contribution in [0.1, 0.15) is 19.3 Å². The molecule has 0 unspecified atom stereocenters. The van der Waals surface area contributed by atoms with Gasteiger partial charge >= 0.3 is 0 Å². The molecule has 2 fully saturated rings. The van der Waals surface area contributed by atoms with E-state index in [0.29, 0.717) is 53.3 Å². The minimum Gasteiger partial charge on any atom is -0.493 e. The van der Waals surface area contributed by atoms with Crippen molar-refractivity contribution in [3.05, 3.63) is 78.5 Å². The predicted octanol–water partition coefficient (Wildman–Crippen LogP) is 4.36. The average molecular weight is 634 g/mol. The molecule has 1 aromatic heterocycles. The van der Waals surface area contributed by atoms with Crippen LogP contribution in [0, 0.1) is 17.0 Å². The van der Waals surface area contributed by atoms with Crippen molar-refractivity contribution in [1.82, 2.24) is 4.98 Å². The van der Waals surface area contributed by atoms with Crippen molar-refractivity contribution >= 4 is 34.1 Å². The number of carbonyl (C=O) groups excluding carboxylic acids is 2. The van der Waals surface area contributed by atoms with Crippen molar-refractivity contribution in [3.63, 3.8) is 0 Å². The first kappa shape index (κ1) is 31.2. The van der Waals surface area contributed by atoms with Crippen LogP contribution in [0.25, 0.3) is 10.9 Å². The average Bonchev–Trinajstić information content (AvgIpc) is 3.88. The number of halogens is 2. The topological polar surface area (TPSA) is 112 Å². The molecule has 0 atom stereocenters. The van der Waals surface area contributed by atoms with E-state index in [2.05, 4.69) is 15.6 Å². The molecule has 2 heterocycles. The van der Waals surface area contributed by atoms with Gasteiger partial charge in [-0.15, -0.1) is 0 Å². The number of morpholine rings is 1. The van der Waals surface area contributed by atoms with Gasteiger partial charge in [-0.2, -0.15) is 0 Å². The molecule has 1 saturated carbocycles. The number of ether oxygens (including phenoxy) is 4. The molecule has 1 aliphatic carbocycles. The highest BCUT2D eigenvalue weighted by atomic mass is 19.1. The molecule has 12 heteroatoms. The molecule has 2 aliphatic rings. The van der Waals surface area contributed by atoms with Gasteiger partial charge in [0.25, 0.3) is 0 Å². The molecule has 10 nitrogen and oxygen atoms in total.